The van der Waals surface area contributed by atoms with E-state index in [9.17, 15) is 4.79 Å². The molecule has 14 heavy (non-hydrogen) atoms. The molecule has 0 unspecified atom stereocenters. The minimum absolute atomic E-state index is 0.213. The van der Waals surface area contributed by atoms with Crippen molar-refractivity contribution < 1.29 is 4.79 Å². The number of rotatable bonds is 3. The molecule has 0 amide bonds. The third-order valence-corrected chi connectivity index (χ3v) is 1.04. The van der Waals surface area contributed by atoms with Gasteiger partial charge in [-0.05, 0) is 21.0 Å². The highest BCUT2D eigenvalue weighted by atomic mass is 16.1. The highest BCUT2D eigenvalue weighted by Gasteiger charge is 1.91. The smallest absolute Gasteiger partial charge is 0.143 e. The molecule has 0 aliphatic carbocycles. The van der Waals surface area contributed by atoms with Gasteiger partial charge in [0.1, 0.15) is 5.78 Å². The van der Waals surface area contributed by atoms with E-state index in [2.05, 4.69) is 27.7 Å². The Morgan fingerprint density at radius 3 is 1.29 bits per heavy atom. The monoisotopic (exact) mass is 203 g/mol. The lowest BCUT2D eigenvalue weighted by Gasteiger charge is -2.03. The second-order valence-electron chi connectivity index (χ2n) is 3.65. The van der Waals surface area contributed by atoms with Crippen molar-refractivity contribution in [2.75, 3.05) is 20.6 Å². The summed E-state index contributed by atoms with van der Waals surface area (Å²) in [5.74, 6) is 0.213. The third kappa shape index (κ3) is 61.3. The van der Waals surface area contributed by atoms with E-state index < -0.39 is 0 Å². The van der Waals surface area contributed by atoms with Gasteiger partial charge in [0, 0.05) is 0 Å². The lowest BCUT2D eigenvalue weighted by Crippen LogP contribution is -2.18. The van der Waals surface area contributed by atoms with Gasteiger partial charge in [0.15, 0.2) is 0 Å². The van der Waals surface area contributed by atoms with E-state index in [0.29, 0.717) is 6.54 Å². The Morgan fingerprint density at radius 1 is 1.00 bits per heavy atom. The molecule has 0 saturated carbocycles. The van der Waals surface area contributed by atoms with Crippen molar-refractivity contribution in [2.45, 2.75) is 53.9 Å². The molecule has 0 atom stereocenters. The summed E-state index contributed by atoms with van der Waals surface area (Å²) < 4.78 is 0. The zero-order valence-electron chi connectivity index (χ0n) is 11.2. The summed E-state index contributed by atoms with van der Waals surface area (Å²) in [6, 6.07) is 0. The SMILES string of the molecule is CC(=O)CN(C)C.CCC.CCCC. The lowest BCUT2D eigenvalue weighted by atomic mass is 10.4. The van der Waals surface area contributed by atoms with Gasteiger partial charge in [0.05, 0.1) is 6.54 Å². The van der Waals surface area contributed by atoms with E-state index in [4.69, 9.17) is 0 Å². The molecule has 0 fully saturated rings. The van der Waals surface area contributed by atoms with Crippen molar-refractivity contribution in [3.63, 3.8) is 0 Å². The average molecular weight is 203 g/mol. The molecule has 0 aromatic rings. The molecule has 2 heteroatoms. The van der Waals surface area contributed by atoms with Crippen LogP contribution in [0.5, 0.6) is 0 Å². The summed E-state index contributed by atoms with van der Waals surface area (Å²) in [7, 11) is 3.75. The number of Topliss-reactive ketones (excluding diaryl/α,β-unsaturated/α-hetero) is 1. The topological polar surface area (TPSA) is 20.3 Å². The van der Waals surface area contributed by atoms with Crippen molar-refractivity contribution in [1.82, 2.24) is 4.90 Å². The van der Waals surface area contributed by atoms with Gasteiger partial charge in [-0.15, -0.1) is 0 Å². The first-order valence-electron chi connectivity index (χ1n) is 5.60. The summed E-state index contributed by atoms with van der Waals surface area (Å²) in [4.78, 5) is 12.1. The van der Waals surface area contributed by atoms with Gasteiger partial charge < -0.3 is 4.90 Å². The fourth-order valence-corrected chi connectivity index (χ4v) is 0.445. The van der Waals surface area contributed by atoms with Crippen LogP contribution in [0.4, 0.5) is 0 Å². The van der Waals surface area contributed by atoms with Crippen molar-refractivity contribution >= 4 is 5.78 Å². The Morgan fingerprint density at radius 2 is 1.29 bits per heavy atom. The highest BCUT2D eigenvalue weighted by Crippen LogP contribution is 1.76. The molecule has 0 radical (unpaired) electrons. The van der Waals surface area contributed by atoms with Crippen molar-refractivity contribution in [2.24, 2.45) is 0 Å². The summed E-state index contributed by atoms with van der Waals surface area (Å²) in [5.41, 5.74) is 0. The Hall–Kier alpha value is -0.370. The maximum absolute atomic E-state index is 10.2. The minimum atomic E-state index is 0.213. The van der Waals surface area contributed by atoms with E-state index in [1.54, 1.807) is 6.92 Å². The van der Waals surface area contributed by atoms with Crippen LogP contribution in [0.1, 0.15) is 53.9 Å². The number of carbonyl (C=O) groups is 1. The molecule has 0 heterocycles. The van der Waals surface area contributed by atoms with Crippen LogP contribution in [0.3, 0.4) is 0 Å². The van der Waals surface area contributed by atoms with Crippen molar-refractivity contribution in [3.05, 3.63) is 0 Å². The summed E-state index contributed by atoms with van der Waals surface area (Å²) >= 11 is 0. The molecule has 0 aliphatic rings. The van der Waals surface area contributed by atoms with E-state index in [1.807, 2.05) is 19.0 Å². The number of hydrogen-bond acceptors (Lipinski definition) is 2. The highest BCUT2D eigenvalue weighted by molar-refractivity contribution is 5.77. The molecule has 0 rings (SSSR count). The van der Waals surface area contributed by atoms with Gasteiger partial charge in [-0.25, -0.2) is 0 Å². The van der Waals surface area contributed by atoms with E-state index in [0.717, 1.165) is 0 Å². The molecular formula is C12H29NO. The van der Waals surface area contributed by atoms with Crippen LogP contribution >= 0.6 is 0 Å². The molecular weight excluding hydrogens is 174 g/mol. The molecule has 88 valence electrons. The van der Waals surface area contributed by atoms with Crippen LogP contribution < -0.4 is 0 Å². The predicted octanol–water partition coefficient (Wildman–Crippen LogP) is 3.36. The summed E-state index contributed by atoms with van der Waals surface area (Å²) in [5, 5.41) is 0. The van der Waals surface area contributed by atoms with Crippen LogP contribution in [0.2, 0.25) is 0 Å². The third-order valence-electron chi connectivity index (χ3n) is 1.04. The number of hydrogen-bond donors (Lipinski definition) is 0. The van der Waals surface area contributed by atoms with E-state index in [1.165, 1.54) is 19.3 Å². The van der Waals surface area contributed by atoms with Gasteiger partial charge in [-0.1, -0.05) is 47.0 Å². The van der Waals surface area contributed by atoms with Gasteiger partial charge in [-0.3, -0.25) is 4.79 Å². The second-order valence-corrected chi connectivity index (χ2v) is 3.65. The number of likely N-dealkylation sites (N-methyl/N-ethyl adjacent to an activating group) is 1. The fraction of sp³-hybridized carbons (Fsp3) is 0.917. The first-order valence-corrected chi connectivity index (χ1v) is 5.60. The Labute approximate surface area is 90.7 Å². The maximum atomic E-state index is 10.2. The van der Waals surface area contributed by atoms with Crippen LogP contribution in [-0.4, -0.2) is 31.3 Å². The Bertz CT molecular complexity index is 98.5. The maximum Gasteiger partial charge on any atom is 0.143 e. The quantitative estimate of drug-likeness (QED) is 0.701. The predicted molar refractivity (Wildman–Crippen MR) is 65.8 cm³/mol. The van der Waals surface area contributed by atoms with Crippen molar-refractivity contribution in [3.8, 4) is 0 Å². The van der Waals surface area contributed by atoms with Gasteiger partial charge in [-0.2, -0.15) is 0 Å². The van der Waals surface area contributed by atoms with Crippen molar-refractivity contribution in [1.29, 1.82) is 0 Å². The summed E-state index contributed by atoms with van der Waals surface area (Å²) in [6.45, 7) is 10.8. The number of ketones is 1. The largest absolute Gasteiger partial charge is 0.302 e. The van der Waals surface area contributed by atoms with Crippen LogP contribution in [0.25, 0.3) is 0 Å². The average Bonchev–Trinajstić information content (AvgIpc) is 2.04. The van der Waals surface area contributed by atoms with E-state index in [-0.39, 0.29) is 5.78 Å². The second kappa shape index (κ2) is 18.4. The van der Waals surface area contributed by atoms with Crippen LogP contribution in [-0.2, 0) is 4.79 Å². The van der Waals surface area contributed by atoms with Crippen LogP contribution in [0.15, 0.2) is 0 Å². The molecule has 0 aromatic carbocycles. The molecule has 0 bridgehead atoms. The Balaban J connectivity index is -0.000000147. The molecule has 0 aliphatic heterocycles. The first kappa shape index (κ1) is 19.2. The molecule has 2 nitrogen and oxygen atoms in total. The number of unbranched alkanes of at least 4 members (excludes halogenated alkanes) is 1. The van der Waals surface area contributed by atoms with Gasteiger partial charge in [0.25, 0.3) is 0 Å². The van der Waals surface area contributed by atoms with Crippen LogP contribution in [0, 0.1) is 0 Å². The standard InChI is InChI=1S/C5H11NO.C4H10.C3H8/c1-5(7)4-6(2)3;1-3-4-2;1-3-2/h4H2,1-3H3;3-4H2,1-2H3;3H2,1-2H3. The molecule has 0 saturated heterocycles. The normalized spacial score (nSPS) is 8.29. The van der Waals surface area contributed by atoms with E-state index >= 15 is 0 Å². The molecule has 0 N–H and O–H groups in total. The zero-order chi connectivity index (χ0) is 12.0. The molecule has 0 spiro atoms. The minimum Gasteiger partial charge on any atom is -0.302 e. The van der Waals surface area contributed by atoms with Gasteiger partial charge in [0.2, 0.25) is 0 Å². The zero-order valence-corrected chi connectivity index (χ0v) is 11.2. The number of carbonyl (C=O) groups excluding carboxylic acids is 1. The Kier molecular flexibility index (Phi) is 25.3. The summed E-state index contributed by atoms with van der Waals surface area (Å²) in [6.07, 6.45) is 3.89. The first-order chi connectivity index (χ1) is 6.45. The van der Waals surface area contributed by atoms with Gasteiger partial charge >= 0.3 is 0 Å². The fourth-order valence-electron chi connectivity index (χ4n) is 0.445. The lowest BCUT2D eigenvalue weighted by molar-refractivity contribution is -0.117. The molecule has 0 aromatic heterocycles. The number of nitrogens with zero attached hydrogens (tertiary/aromatic N) is 1.